The average Bonchev–Trinajstić information content (AvgIpc) is 1.89. The van der Waals surface area contributed by atoms with E-state index in [1.54, 1.807) is 13.8 Å². The van der Waals surface area contributed by atoms with Crippen LogP contribution in [0.1, 0.15) is 26.7 Å². The summed E-state index contributed by atoms with van der Waals surface area (Å²) in [4.78, 5) is 19.2. The normalized spacial score (nSPS) is 6.73. The molecule has 4 N–H and O–H groups in total. The van der Waals surface area contributed by atoms with Crippen LogP contribution in [0.5, 0.6) is 0 Å². The first-order valence-electron chi connectivity index (χ1n) is 3.11. The van der Waals surface area contributed by atoms with E-state index in [1.165, 1.54) is 0 Å². The van der Waals surface area contributed by atoms with Gasteiger partial charge in [0.15, 0.2) is 0 Å². The van der Waals surface area contributed by atoms with Crippen LogP contribution in [0, 0.1) is 0 Å². The Morgan fingerprint density at radius 1 is 1.00 bits per heavy atom. The van der Waals surface area contributed by atoms with E-state index >= 15 is 0 Å². The van der Waals surface area contributed by atoms with Gasteiger partial charge in [0.2, 0.25) is 11.8 Å². The van der Waals surface area contributed by atoms with Crippen molar-refractivity contribution in [2.24, 2.45) is 11.5 Å². The number of carbonyl (C=O) groups excluding carboxylic acids is 2. The fourth-order valence-electron chi connectivity index (χ4n) is 0. The molecule has 0 heterocycles. The zero-order valence-electron chi connectivity index (χ0n) is 6.70. The summed E-state index contributed by atoms with van der Waals surface area (Å²) in [5.41, 5.74) is 9.31. The van der Waals surface area contributed by atoms with Crippen molar-refractivity contribution >= 4 is 11.8 Å². The first-order valence-corrected chi connectivity index (χ1v) is 3.11. The minimum absolute atomic E-state index is 0. The van der Waals surface area contributed by atoms with Crippen LogP contribution >= 0.6 is 0 Å². The van der Waals surface area contributed by atoms with E-state index in [0.29, 0.717) is 12.8 Å². The van der Waals surface area contributed by atoms with Gasteiger partial charge in [0.1, 0.15) is 0 Å². The van der Waals surface area contributed by atoms with Crippen LogP contribution in [0.15, 0.2) is 0 Å². The third kappa shape index (κ3) is 42.6. The standard InChI is InChI=1S/2C3H7NO.Pt/c2*1-2-3(4)5;/h2*2H2,1H3,(H2,4,5);/q;;+2. The molecular formula is C6H14N2O2Pt+2. The first-order chi connectivity index (χ1) is 4.54. The third-order valence-corrected chi connectivity index (χ3v) is 0.697. The fraction of sp³-hybridized carbons (Fsp3) is 0.667. The number of rotatable bonds is 2. The Bertz CT molecular complexity index is 103. The van der Waals surface area contributed by atoms with Gasteiger partial charge in [-0.3, -0.25) is 9.59 Å². The summed E-state index contributed by atoms with van der Waals surface area (Å²) < 4.78 is 0. The maximum Gasteiger partial charge on any atom is 2.00 e. The van der Waals surface area contributed by atoms with Crippen LogP contribution in [0.3, 0.4) is 0 Å². The summed E-state index contributed by atoms with van der Waals surface area (Å²) in [6, 6.07) is 0. The molecule has 0 unspecified atom stereocenters. The first kappa shape index (κ1) is 16.9. The molecule has 0 spiro atoms. The van der Waals surface area contributed by atoms with Crippen LogP contribution in [0.4, 0.5) is 0 Å². The summed E-state index contributed by atoms with van der Waals surface area (Å²) in [6.45, 7) is 3.45. The zero-order chi connectivity index (χ0) is 8.57. The fourth-order valence-corrected chi connectivity index (χ4v) is 0. The smallest absolute Gasteiger partial charge is 0.370 e. The SMILES string of the molecule is CCC(N)=O.CCC(N)=O.[Pt+2]. The maximum atomic E-state index is 9.59. The molecular weight excluding hydrogens is 327 g/mol. The molecule has 0 atom stereocenters. The Hall–Kier alpha value is -0.372. The largest absolute Gasteiger partial charge is 2.00 e. The minimum Gasteiger partial charge on any atom is -0.370 e. The van der Waals surface area contributed by atoms with E-state index in [0.717, 1.165) is 0 Å². The van der Waals surface area contributed by atoms with Gasteiger partial charge < -0.3 is 11.5 Å². The summed E-state index contributed by atoms with van der Waals surface area (Å²) >= 11 is 0. The van der Waals surface area contributed by atoms with Crippen molar-refractivity contribution in [1.82, 2.24) is 0 Å². The van der Waals surface area contributed by atoms with E-state index in [1.807, 2.05) is 0 Å². The van der Waals surface area contributed by atoms with Crippen molar-refractivity contribution in [2.45, 2.75) is 26.7 Å². The summed E-state index contributed by atoms with van der Waals surface area (Å²) in [5, 5.41) is 0. The van der Waals surface area contributed by atoms with Gasteiger partial charge in [-0.05, 0) is 0 Å². The molecule has 0 aromatic rings. The van der Waals surface area contributed by atoms with Crippen molar-refractivity contribution in [3.05, 3.63) is 0 Å². The van der Waals surface area contributed by atoms with E-state index in [2.05, 4.69) is 11.5 Å². The van der Waals surface area contributed by atoms with Crippen LogP contribution in [-0.2, 0) is 30.7 Å². The average molecular weight is 341 g/mol. The monoisotopic (exact) mass is 341 g/mol. The molecule has 0 fully saturated rings. The van der Waals surface area contributed by atoms with E-state index in [4.69, 9.17) is 0 Å². The predicted molar refractivity (Wildman–Crippen MR) is 39.0 cm³/mol. The molecule has 68 valence electrons. The van der Waals surface area contributed by atoms with Gasteiger partial charge in [-0.25, -0.2) is 0 Å². The molecule has 0 aliphatic carbocycles. The molecule has 0 rings (SSSR count). The maximum absolute atomic E-state index is 9.59. The number of carbonyl (C=O) groups is 2. The van der Waals surface area contributed by atoms with E-state index in [-0.39, 0.29) is 32.9 Å². The molecule has 11 heavy (non-hydrogen) atoms. The summed E-state index contributed by atoms with van der Waals surface area (Å²) in [7, 11) is 0. The molecule has 0 aromatic carbocycles. The number of hydrogen-bond donors (Lipinski definition) is 2. The second kappa shape index (κ2) is 12.3. The predicted octanol–water partition coefficient (Wildman–Crippen LogP) is -0.239. The van der Waals surface area contributed by atoms with Gasteiger partial charge in [-0.2, -0.15) is 0 Å². The van der Waals surface area contributed by atoms with Crippen LogP contribution in [0.2, 0.25) is 0 Å². The van der Waals surface area contributed by atoms with Crippen molar-refractivity contribution in [1.29, 1.82) is 0 Å². The Balaban J connectivity index is -0.000000107. The number of amides is 2. The quantitative estimate of drug-likeness (QED) is 0.726. The Morgan fingerprint density at radius 3 is 1.09 bits per heavy atom. The van der Waals surface area contributed by atoms with Crippen molar-refractivity contribution in [3.63, 3.8) is 0 Å². The van der Waals surface area contributed by atoms with Crippen molar-refractivity contribution < 1.29 is 30.7 Å². The second-order valence-corrected chi connectivity index (χ2v) is 1.64. The zero-order valence-corrected chi connectivity index (χ0v) is 8.97. The summed E-state index contributed by atoms with van der Waals surface area (Å²) in [6.07, 6.45) is 0.889. The molecule has 0 radical (unpaired) electrons. The number of nitrogens with two attached hydrogens (primary N) is 2. The molecule has 2 amide bonds. The Kier molecular flexibility index (Phi) is 19.0. The minimum atomic E-state index is -0.245. The molecule has 0 saturated carbocycles. The third-order valence-electron chi connectivity index (χ3n) is 0.697. The van der Waals surface area contributed by atoms with Crippen LogP contribution in [0.25, 0.3) is 0 Å². The van der Waals surface area contributed by atoms with Gasteiger partial charge in [-0.15, -0.1) is 0 Å². The molecule has 0 aliphatic rings. The van der Waals surface area contributed by atoms with Gasteiger partial charge in [0, 0.05) is 12.8 Å². The van der Waals surface area contributed by atoms with Gasteiger partial charge in [0.05, 0.1) is 0 Å². The molecule has 0 aliphatic heterocycles. The van der Waals surface area contributed by atoms with E-state index < -0.39 is 0 Å². The van der Waals surface area contributed by atoms with Crippen LogP contribution in [-0.4, -0.2) is 11.8 Å². The van der Waals surface area contributed by atoms with Gasteiger partial charge in [0.25, 0.3) is 0 Å². The van der Waals surface area contributed by atoms with Gasteiger partial charge >= 0.3 is 21.1 Å². The topological polar surface area (TPSA) is 86.2 Å². The Morgan fingerprint density at radius 2 is 1.09 bits per heavy atom. The summed E-state index contributed by atoms with van der Waals surface area (Å²) in [5.74, 6) is -0.491. The van der Waals surface area contributed by atoms with E-state index in [9.17, 15) is 9.59 Å². The molecule has 4 nitrogen and oxygen atoms in total. The molecule has 5 heteroatoms. The number of hydrogen-bond acceptors (Lipinski definition) is 2. The molecule has 0 bridgehead atoms. The Labute approximate surface area is 81.0 Å². The van der Waals surface area contributed by atoms with Crippen molar-refractivity contribution in [3.8, 4) is 0 Å². The van der Waals surface area contributed by atoms with Crippen molar-refractivity contribution in [2.75, 3.05) is 0 Å². The molecule has 0 saturated heterocycles. The number of primary amides is 2. The van der Waals surface area contributed by atoms with Gasteiger partial charge in [-0.1, -0.05) is 13.8 Å². The molecule has 0 aromatic heterocycles. The van der Waals surface area contributed by atoms with Crippen LogP contribution < -0.4 is 11.5 Å². The second-order valence-electron chi connectivity index (χ2n) is 1.64.